The number of anilines is 1. The van der Waals surface area contributed by atoms with Crippen LogP contribution in [0, 0.1) is 5.92 Å². The predicted molar refractivity (Wildman–Crippen MR) is 205 cm³/mol. The zero-order chi connectivity index (χ0) is 38.9. The van der Waals surface area contributed by atoms with Gasteiger partial charge in [-0.25, -0.2) is 9.78 Å². The second-order valence-corrected chi connectivity index (χ2v) is 17.1. The van der Waals surface area contributed by atoms with Crippen LogP contribution in [0.15, 0.2) is 64.3 Å². The molecule has 4 heterocycles. The molecule has 3 aliphatic rings. The highest BCUT2D eigenvalue weighted by Gasteiger charge is 2.55. The van der Waals surface area contributed by atoms with Gasteiger partial charge in [-0.3, -0.25) is 19.3 Å². The summed E-state index contributed by atoms with van der Waals surface area (Å²) < 4.78 is 0.458. The monoisotopic (exact) mass is 797 g/mol. The first-order valence-electron chi connectivity index (χ1n) is 17.4. The summed E-state index contributed by atoms with van der Waals surface area (Å²) in [4.78, 5) is 64.9. The number of nitrogens with one attached hydrogen (secondary N) is 1. The molecule has 2 aromatic carbocycles. The number of hydrogen-bond acceptors (Lipinski definition) is 12. The Bertz CT molecular complexity index is 2030. The van der Waals surface area contributed by atoms with E-state index in [0.29, 0.717) is 28.9 Å². The number of carbonyl (C=O) groups is 4. The molecule has 6 N–H and O–H groups in total. The van der Waals surface area contributed by atoms with Gasteiger partial charge in [-0.1, -0.05) is 47.1 Å². The number of aliphatic carboxylic acids is 1. The Morgan fingerprint density at radius 1 is 1.15 bits per heavy atom. The molecule has 1 aromatic heterocycles. The molecule has 0 unspecified atom stereocenters. The minimum absolute atomic E-state index is 0.00775. The van der Waals surface area contributed by atoms with E-state index in [9.17, 15) is 34.5 Å². The second kappa shape index (κ2) is 15.6. The number of nitrogens with zero attached hydrogens (tertiary/aromatic N) is 4. The topological polar surface area (TPSA) is 205 Å². The number of carboxylic acids is 1. The molecule has 14 nitrogen and oxygen atoms in total. The average Bonchev–Trinajstić information content (AvgIpc) is 3.77. The predicted octanol–water partition coefficient (Wildman–Crippen LogP) is 4.92. The van der Waals surface area contributed by atoms with E-state index in [2.05, 4.69) is 15.5 Å². The first-order valence-corrected chi connectivity index (χ1v) is 19.7. The normalized spacial score (nSPS) is 20.3. The number of thiazole rings is 1. The summed E-state index contributed by atoms with van der Waals surface area (Å²) in [6.07, 6.45) is 1.57. The quantitative estimate of drug-likeness (QED) is 0.0516. The van der Waals surface area contributed by atoms with E-state index in [0.717, 1.165) is 42.8 Å². The van der Waals surface area contributed by atoms with Crippen molar-refractivity contribution in [2.45, 2.75) is 57.1 Å². The molecule has 2 saturated heterocycles. The minimum atomic E-state index is -1.22. The fourth-order valence-electron chi connectivity index (χ4n) is 7.14. The highest BCUT2D eigenvalue weighted by molar-refractivity contribution is 8.00. The number of nitrogens with two attached hydrogens (primary N) is 1. The van der Waals surface area contributed by atoms with E-state index in [4.69, 9.17) is 22.2 Å². The standard InChI is InChI=1S/C37H41ClN6O8S2/c1-37(2,3)52-42-29(25-19-54-36(39)41-25)27(46)15-23-33(49)43-30(35(50)51)21(18-53-34(23)43)16-44(13-7-8-14-44)17-24(20-9-5-4-6-10-20)40-32(48)22-11-12-26(45)31(47)28(22)38/h4-6,9-12,19,23-24,34H,7-8,13-18H2,1-3H3,(H5-,39,40,41,42,45,46,47,48,50,51)/p+1/t23-,24-,34-/m1/s1. The van der Waals surface area contributed by atoms with Crippen molar-refractivity contribution in [2.75, 3.05) is 37.7 Å². The van der Waals surface area contributed by atoms with Crippen LogP contribution in [0.1, 0.15) is 67.7 Å². The number of ketones is 1. The number of nitrogen functional groups attached to an aromatic ring is 1. The van der Waals surface area contributed by atoms with Crippen molar-refractivity contribution in [3.8, 4) is 11.5 Å². The first-order chi connectivity index (χ1) is 25.6. The smallest absolute Gasteiger partial charge is 0.352 e. The number of halogens is 1. The number of Topliss-reactive ketones (excluding diaryl/α,β-unsaturated/α-hetero) is 1. The van der Waals surface area contributed by atoms with Crippen LogP contribution >= 0.6 is 34.7 Å². The number of carboxylic acid groups (broad SMARTS) is 1. The van der Waals surface area contributed by atoms with Crippen LogP contribution in [0.2, 0.25) is 5.02 Å². The van der Waals surface area contributed by atoms with Gasteiger partial charge in [0.2, 0.25) is 5.91 Å². The SMILES string of the molecule is CC(C)(C)O/N=C(/C(=O)C[C@@H]1C(=O)N2C(C(=O)O)=C(C[N+]3(C[C@@H](NC(=O)c4ccc(O)c(O)c4Cl)c4ccccc4)CCCC3)CS[C@H]12)c1csc(N)n1. The maximum absolute atomic E-state index is 13.7. The molecule has 0 radical (unpaired) electrons. The van der Waals surface area contributed by atoms with Gasteiger partial charge in [0.1, 0.15) is 36.1 Å². The number of quaternary nitrogens is 1. The summed E-state index contributed by atoms with van der Waals surface area (Å²) in [5.74, 6) is -4.17. The molecule has 286 valence electrons. The summed E-state index contributed by atoms with van der Waals surface area (Å²) in [6, 6.07) is 11.4. The van der Waals surface area contributed by atoms with E-state index in [1.807, 2.05) is 30.3 Å². The minimum Gasteiger partial charge on any atom is -0.504 e. The lowest BCUT2D eigenvalue weighted by atomic mass is 9.89. The molecule has 3 atom stereocenters. The van der Waals surface area contributed by atoms with E-state index in [1.165, 1.54) is 28.8 Å². The van der Waals surface area contributed by atoms with Gasteiger partial charge < -0.3 is 35.7 Å². The van der Waals surface area contributed by atoms with Crippen molar-refractivity contribution in [3.05, 3.63) is 81.0 Å². The third-order valence-electron chi connectivity index (χ3n) is 9.66. The van der Waals surface area contributed by atoms with Crippen LogP contribution in [-0.4, -0.2) is 102 Å². The number of hydrogen-bond donors (Lipinski definition) is 5. The van der Waals surface area contributed by atoms with Gasteiger partial charge in [-0.15, -0.1) is 23.1 Å². The molecule has 0 bridgehead atoms. The number of benzene rings is 2. The summed E-state index contributed by atoms with van der Waals surface area (Å²) >= 11 is 8.81. The number of fused-ring (bicyclic) bond motifs is 1. The summed E-state index contributed by atoms with van der Waals surface area (Å²) in [7, 11) is 0. The molecule has 2 amide bonds. The van der Waals surface area contributed by atoms with Crippen LogP contribution in [-0.2, 0) is 19.2 Å². The van der Waals surface area contributed by atoms with Gasteiger partial charge in [0.15, 0.2) is 28.1 Å². The van der Waals surface area contributed by atoms with E-state index < -0.39 is 58.0 Å². The summed E-state index contributed by atoms with van der Waals surface area (Å²) in [5, 5.41) is 38.7. The van der Waals surface area contributed by atoms with Gasteiger partial charge >= 0.3 is 5.97 Å². The Morgan fingerprint density at radius 2 is 1.85 bits per heavy atom. The molecular formula is C37H42ClN6O8S2+. The van der Waals surface area contributed by atoms with Gasteiger partial charge in [-0.05, 0) is 38.5 Å². The zero-order valence-corrected chi connectivity index (χ0v) is 32.3. The van der Waals surface area contributed by atoms with Crippen LogP contribution in [0.25, 0.3) is 0 Å². The molecule has 17 heteroatoms. The number of aromatic nitrogens is 1. The highest BCUT2D eigenvalue weighted by atomic mass is 35.5. The van der Waals surface area contributed by atoms with Gasteiger partial charge in [0.25, 0.3) is 5.91 Å². The Morgan fingerprint density at radius 3 is 2.48 bits per heavy atom. The molecule has 3 aromatic rings. The van der Waals surface area contributed by atoms with Crippen molar-refractivity contribution < 1.29 is 43.8 Å². The lowest BCUT2D eigenvalue weighted by molar-refractivity contribution is -0.913. The van der Waals surface area contributed by atoms with Crippen LogP contribution < -0.4 is 11.1 Å². The maximum atomic E-state index is 13.7. The first kappa shape index (κ1) is 39.1. The highest BCUT2D eigenvalue weighted by Crippen LogP contribution is 2.46. The van der Waals surface area contributed by atoms with Crippen LogP contribution in [0.5, 0.6) is 11.5 Å². The largest absolute Gasteiger partial charge is 0.504 e. The molecule has 3 aliphatic heterocycles. The lowest BCUT2D eigenvalue weighted by Gasteiger charge is -2.50. The van der Waals surface area contributed by atoms with Gasteiger partial charge in [-0.2, -0.15) is 0 Å². The number of β-lactam (4-membered cyclic amide) rings is 1. The zero-order valence-electron chi connectivity index (χ0n) is 30.0. The Labute approximate surface area is 325 Å². The van der Waals surface area contributed by atoms with Crippen LogP contribution in [0.3, 0.4) is 0 Å². The third kappa shape index (κ3) is 8.21. The number of rotatable bonds is 13. The van der Waals surface area contributed by atoms with E-state index in [-0.39, 0.29) is 39.2 Å². The maximum Gasteiger partial charge on any atom is 0.352 e. The summed E-state index contributed by atoms with van der Waals surface area (Å²) in [6.45, 7) is 7.52. The fourth-order valence-corrected chi connectivity index (χ4v) is 9.34. The molecule has 6 rings (SSSR count). The number of phenolic OH excluding ortho intramolecular Hbond substituents is 2. The molecule has 2 fully saturated rings. The molecule has 0 saturated carbocycles. The average molecular weight is 798 g/mol. The van der Waals surface area contributed by atoms with Crippen LogP contribution in [0.4, 0.5) is 5.13 Å². The summed E-state index contributed by atoms with van der Waals surface area (Å²) in [5.41, 5.74) is 6.67. The van der Waals surface area contributed by atoms with Gasteiger partial charge in [0, 0.05) is 36.0 Å². The molecule has 0 spiro atoms. The Kier molecular flexibility index (Phi) is 11.3. The third-order valence-corrected chi connectivity index (χ3v) is 12.1. The molecular weight excluding hydrogens is 756 g/mol. The van der Waals surface area contributed by atoms with Crippen molar-refractivity contribution in [2.24, 2.45) is 11.1 Å². The number of amides is 2. The number of aromatic hydroxyl groups is 2. The second-order valence-electron chi connectivity index (χ2n) is 14.7. The lowest BCUT2D eigenvalue weighted by Crippen LogP contribution is -2.63. The van der Waals surface area contributed by atoms with E-state index >= 15 is 0 Å². The molecule has 0 aliphatic carbocycles. The van der Waals surface area contributed by atoms with Crippen molar-refractivity contribution in [1.82, 2.24) is 15.2 Å². The van der Waals surface area contributed by atoms with Gasteiger partial charge in [0.05, 0.1) is 35.0 Å². The number of oxime groups is 1. The fraction of sp³-hybridized carbons (Fsp3) is 0.405. The Hall–Kier alpha value is -4.64. The van der Waals surface area contributed by atoms with Crippen molar-refractivity contribution in [1.29, 1.82) is 0 Å². The van der Waals surface area contributed by atoms with Crippen molar-refractivity contribution >= 4 is 69.1 Å². The molecule has 54 heavy (non-hydrogen) atoms. The Balaban J connectivity index is 1.24. The van der Waals surface area contributed by atoms with E-state index in [1.54, 1.807) is 26.2 Å². The number of thioether (sulfide) groups is 1. The number of carbonyl (C=O) groups excluding carboxylic acids is 3. The number of likely N-dealkylation sites (tertiary alicyclic amines) is 1. The van der Waals surface area contributed by atoms with Crippen molar-refractivity contribution in [3.63, 3.8) is 0 Å². The number of phenols is 2.